The first-order chi connectivity index (χ1) is 10.4. The smallest absolute Gasteiger partial charge is 0.329 e. The first kappa shape index (κ1) is 14.7. The zero-order valence-electron chi connectivity index (χ0n) is 13.0. The topological polar surface area (TPSA) is 73.6 Å². The maximum Gasteiger partial charge on any atom is 0.329 e. The number of hydrogen-bond donors (Lipinski definition) is 1. The maximum absolute atomic E-state index is 11.7. The lowest BCUT2D eigenvalue weighted by Gasteiger charge is -2.25. The van der Waals surface area contributed by atoms with Gasteiger partial charge < -0.3 is 19.1 Å². The second-order valence-electron chi connectivity index (χ2n) is 5.96. The van der Waals surface area contributed by atoms with Crippen LogP contribution < -0.4 is 9.47 Å². The molecule has 0 unspecified atom stereocenters. The minimum atomic E-state index is -1.08. The van der Waals surface area contributed by atoms with E-state index >= 15 is 0 Å². The fourth-order valence-electron chi connectivity index (χ4n) is 2.77. The molecular weight excluding hydrogens is 284 g/mol. The normalized spacial score (nSPS) is 14.3. The number of benzene rings is 1. The molecule has 0 atom stereocenters. The summed E-state index contributed by atoms with van der Waals surface area (Å²) in [6.07, 6.45) is 1.61. The van der Waals surface area contributed by atoms with Gasteiger partial charge in [0.2, 0.25) is 0 Å². The molecule has 0 aliphatic carbocycles. The number of fused-ring (bicyclic) bond motifs is 2. The monoisotopic (exact) mass is 304 g/mol. The largest absolute Gasteiger partial charge is 0.486 e. The van der Waals surface area contributed by atoms with Crippen molar-refractivity contribution in [3.8, 4) is 11.5 Å². The van der Waals surface area contributed by atoms with Crippen molar-refractivity contribution in [2.75, 3.05) is 13.2 Å². The van der Waals surface area contributed by atoms with Gasteiger partial charge in [-0.2, -0.15) is 0 Å². The van der Waals surface area contributed by atoms with Crippen molar-refractivity contribution in [3.63, 3.8) is 0 Å². The zero-order chi connectivity index (χ0) is 15.9. The lowest BCUT2D eigenvalue weighted by atomic mass is 10.0. The molecule has 3 rings (SSSR count). The molecule has 0 saturated heterocycles. The molecule has 0 radical (unpaired) electrons. The molecule has 0 fully saturated rings. The maximum atomic E-state index is 11.7. The Kier molecular flexibility index (Phi) is 3.47. The van der Waals surface area contributed by atoms with Crippen LogP contribution in [0.1, 0.15) is 33.0 Å². The van der Waals surface area contributed by atoms with E-state index in [-0.39, 0.29) is 0 Å². The highest BCUT2D eigenvalue weighted by atomic mass is 16.6. The van der Waals surface area contributed by atoms with Gasteiger partial charge in [0.05, 0.1) is 11.0 Å². The Balaban J connectivity index is 2.27. The molecule has 6 heteroatoms. The second-order valence-corrected chi connectivity index (χ2v) is 5.96. The van der Waals surface area contributed by atoms with Crippen molar-refractivity contribution in [3.05, 3.63) is 18.0 Å². The molecule has 1 aromatic carbocycles. The van der Waals surface area contributed by atoms with Crippen LogP contribution in [0.5, 0.6) is 11.5 Å². The molecule has 0 amide bonds. The Morgan fingerprint density at radius 1 is 1.32 bits per heavy atom. The van der Waals surface area contributed by atoms with Crippen molar-refractivity contribution in [2.24, 2.45) is 0 Å². The lowest BCUT2D eigenvalue weighted by molar-refractivity contribution is -0.145. The number of carbonyl (C=O) groups is 1. The van der Waals surface area contributed by atoms with Gasteiger partial charge in [0.15, 0.2) is 11.5 Å². The summed E-state index contributed by atoms with van der Waals surface area (Å²) in [6.45, 7) is 6.44. The summed E-state index contributed by atoms with van der Waals surface area (Å²) in [7, 11) is 0. The third kappa shape index (κ3) is 2.19. The number of rotatable bonds is 4. The van der Waals surface area contributed by atoms with Gasteiger partial charge in [0.25, 0.3) is 0 Å². The van der Waals surface area contributed by atoms with Crippen LogP contribution in [0.2, 0.25) is 0 Å². The van der Waals surface area contributed by atoms with Gasteiger partial charge in [-0.25, -0.2) is 9.78 Å². The molecule has 1 aromatic heterocycles. The predicted molar refractivity (Wildman–Crippen MR) is 81.7 cm³/mol. The quantitative estimate of drug-likeness (QED) is 0.939. The lowest BCUT2D eigenvalue weighted by Crippen LogP contribution is -2.36. The fraction of sp³-hybridized carbons (Fsp3) is 0.500. The average Bonchev–Trinajstić information content (AvgIpc) is 2.82. The fourth-order valence-corrected chi connectivity index (χ4v) is 2.77. The summed E-state index contributed by atoms with van der Waals surface area (Å²) in [5, 5.41) is 9.60. The summed E-state index contributed by atoms with van der Waals surface area (Å²) < 4.78 is 13.0. The van der Waals surface area contributed by atoms with E-state index in [0.29, 0.717) is 24.7 Å². The Morgan fingerprint density at radius 2 is 1.95 bits per heavy atom. The van der Waals surface area contributed by atoms with Crippen molar-refractivity contribution in [1.29, 1.82) is 0 Å². The number of imidazole rings is 1. The van der Waals surface area contributed by atoms with E-state index in [1.165, 1.54) is 0 Å². The van der Waals surface area contributed by atoms with E-state index in [4.69, 9.17) is 9.47 Å². The van der Waals surface area contributed by atoms with E-state index < -0.39 is 11.5 Å². The summed E-state index contributed by atoms with van der Waals surface area (Å²) in [5.41, 5.74) is 0.422. The Labute approximate surface area is 128 Å². The third-order valence-electron chi connectivity index (χ3n) is 3.94. The van der Waals surface area contributed by atoms with E-state index in [1.807, 2.05) is 12.1 Å². The van der Waals surface area contributed by atoms with Gasteiger partial charge in [-0.1, -0.05) is 6.92 Å². The van der Waals surface area contributed by atoms with Crippen LogP contribution in [0.4, 0.5) is 0 Å². The van der Waals surface area contributed by atoms with Gasteiger partial charge >= 0.3 is 5.97 Å². The minimum Gasteiger partial charge on any atom is -0.486 e. The first-order valence-corrected chi connectivity index (χ1v) is 7.50. The standard InChI is InChI=1S/C16H20N2O4/c1-4-5-14-17-10-8-12-13(22-7-6-21-12)9-11(10)18(14)16(2,3)15(19)20/h8-9H,4-7H2,1-3H3,(H,19,20). The van der Waals surface area contributed by atoms with Crippen molar-refractivity contribution in [2.45, 2.75) is 39.2 Å². The van der Waals surface area contributed by atoms with E-state index in [1.54, 1.807) is 18.4 Å². The Hall–Kier alpha value is -2.24. The molecule has 118 valence electrons. The van der Waals surface area contributed by atoms with Crippen LogP contribution in [0.3, 0.4) is 0 Å². The molecule has 2 aromatic rings. The van der Waals surface area contributed by atoms with Gasteiger partial charge in [0.1, 0.15) is 24.6 Å². The molecule has 1 N–H and O–H groups in total. The molecular formula is C16H20N2O4. The van der Waals surface area contributed by atoms with Gasteiger partial charge in [-0.05, 0) is 20.3 Å². The Morgan fingerprint density at radius 3 is 2.55 bits per heavy atom. The number of carboxylic acid groups (broad SMARTS) is 1. The molecule has 2 heterocycles. The third-order valence-corrected chi connectivity index (χ3v) is 3.94. The molecule has 0 spiro atoms. The zero-order valence-corrected chi connectivity index (χ0v) is 13.0. The van der Waals surface area contributed by atoms with E-state index in [0.717, 1.165) is 29.7 Å². The molecule has 0 bridgehead atoms. The summed E-state index contributed by atoms with van der Waals surface area (Å²) >= 11 is 0. The van der Waals surface area contributed by atoms with Crippen molar-refractivity contribution >= 4 is 17.0 Å². The number of aryl methyl sites for hydroxylation is 1. The number of aromatic nitrogens is 2. The summed E-state index contributed by atoms with van der Waals surface area (Å²) in [6, 6.07) is 3.66. The van der Waals surface area contributed by atoms with Crippen molar-refractivity contribution in [1.82, 2.24) is 9.55 Å². The summed E-state index contributed by atoms with van der Waals surface area (Å²) in [4.78, 5) is 16.3. The Bertz CT molecular complexity index is 733. The van der Waals surface area contributed by atoms with E-state index in [2.05, 4.69) is 11.9 Å². The van der Waals surface area contributed by atoms with Crippen molar-refractivity contribution < 1.29 is 19.4 Å². The van der Waals surface area contributed by atoms with Crippen LogP contribution in [-0.4, -0.2) is 33.8 Å². The number of hydrogen-bond acceptors (Lipinski definition) is 4. The van der Waals surface area contributed by atoms with E-state index in [9.17, 15) is 9.90 Å². The number of carboxylic acids is 1. The molecule has 0 saturated carbocycles. The first-order valence-electron chi connectivity index (χ1n) is 7.50. The van der Waals surface area contributed by atoms with Crippen LogP contribution >= 0.6 is 0 Å². The van der Waals surface area contributed by atoms with Gasteiger partial charge in [-0.3, -0.25) is 0 Å². The highest BCUT2D eigenvalue weighted by molar-refractivity contribution is 5.85. The molecule has 1 aliphatic rings. The predicted octanol–water partition coefficient (Wildman–Crippen LogP) is 2.58. The van der Waals surface area contributed by atoms with Gasteiger partial charge in [-0.15, -0.1) is 0 Å². The summed E-state index contributed by atoms with van der Waals surface area (Å²) in [5.74, 6) is 1.19. The molecule has 1 aliphatic heterocycles. The van der Waals surface area contributed by atoms with Gasteiger partial charge in [0, 0.05) is 18.6 Å². The van der Waals surface area contributed by atoms with Crippen LogP contribution in [0, 0.1) is 0 Å². The minimum absolute atomic E-state index is 0.497. The van der Waals surface area contributed by atoms with Crippen LogP contribution in [0.15, 0.2) is 12.1 Å². The molecule has 6 nitrogen and oxygen atoms in total. The van der Waals surface area contributed by atoms with Crippen LogP contribution in [0.25, 0.3) is 11.0 Å². The SMILES string of the molecule is CCCc1nc2cc3c(cc2n1C(C)(C)C(=O)O)OCCO3. The number of ether oxygens (including phenoxy) is 2. The van der Waals surface area contributed by atoms with Crippen LogP contribution in [-0.2, 0) is 16.8 Å². The second kappa shape index (κ2) is 5.19. The molecule has 22 heavy (non-hydrogen) atoms. The average molecular weight is 304 g/mol. The highest BCUT2D eigenvalue weighted by Crippen LogP contribution is 2.37. The highest BCUT2D eigenvalue weighted by Gasteiger charge is 2.33. The number of aliphatic carboxylic acids is 1. The number of nitrogens with zero attached hydrogens (tertiary/aromatic N) is 2.